The second kappa shape index (κ2) is 13.2. The first-order valence-corrected chi connectivity index (χ1v) is 13.1. The molecule has 2 saturated heterocycles. The summed E-state index contributed by atoms with van der Waals surface area (Å²) in [6.45, 7) is 4.10. The standard InChI is InChI=1S/C23H35N7O.C3H8N2O/c24-20(21(25)31)22(28-23(26)30-12-2-1-3-13-30)27-18-6-4-16(5-7-18)17-10-14-29(15-11-17)19-8-9-19;1-5(2)3(4)6/h4-7,17,19,27H,1-3,8-15,24H2,(H2,25,31)(H2,26,28);1-2H3,(H2,4,6)/b22-20-;. The molecule has 0 spiro atoms. The van der Waals surface area contributed by atoms with Crippen LogP contribution in [0, 0.1) is 0 Å². The molecule has 3 aliphatic rings. The van der Waals surface area contributed by atoms with E-state index in [-0.39, 0.29) is 11.5 Å². The number of rotatable bonds is 6. The van der Waals surface area contributed by atoms with Crippen molar-refractivity contribution in [3.05, 3.63) is 41.3 Å². The lowest BCUT2D eigenvalue weighted by atomic mass is 9.89. The van der Waals surface area contributed by atoms with Crippen LogP contribution in [0.4, 0.5) is 10.5 Å². The first-order valence-electron chi connectivity index (χ1n) is 13.1. The van der Waals surface area contributed by atoms with E-state index in [9.17, 15) is 9.59 Å². The molecular weight excluding hydrogens is 470 g/mol. The Morgan fingerprint density at radius 2 is 1.46 bits per heavy atom. The van der Waals surface area contributed by atoms with Gasteiger partial charge in [0, 0.05) is 38.9 Å². The van der Waals surface area contributed by atoms with Crippen molar-refractivity contribution in [2.45, 2.75) is 56.9 Å². The molecule has 2 heterocycles. The van der Waals surface area contributed by atoms with Gasteiger partial charge in [-0.15, -0.1) is 0 Å². The van der Waals surface area contributed by atoms with Gasteiger partial charge >= 0.3 is 6.03 Å². The van der Waals surface area contributed by atoms with Gasteiger partial charge in [0.2, 0.25) is 0 Å². The maximum absolute atomic E-state index is 11.7. The van der Waals surface area contributed by atoms with E-state index < -0.39 is 11.9 Å². The van der Waals surface area contributed by atoms with Gasteiger partial charge in [0.25, 0.3) is 5.91 Å². The van der Waals surface area contributed by atoms with Crippen LogP contribution in [0.1, 0.15) is 56.4 Å². The number of carbonyl (C=O) groups is 2. The average Bonchev–Trinajstić information content (AvgIpc) is 3.75. The zero-order valence-corrected chi connectivity index (χ0v) is 22.2. The van der Waals surface area contributed by atoms with Gasteiger partial charge in [-0.1, -0.05) is 12.1 Å². The number of guanidine groups is 1. The molecule has 1 aromatic carbocycles. The number of nitrogens with two attached hydrogens (primary N) is 4. The number of hydrogen-bond donors (Lipinski definition) is 5. The normalized spacial score (nSPS) is 19.8. The predicted octanol–water partition coefficient (Wildman–Crippen LogP) is 1.48. The van der Waals surface area contributed by atoms with Crippen molar-refractivity contribution in [1.29, 1.82) is 0 Å². The molecule has 3 fully saturated rings. The van der Waals surface area contributed by atoms with Crippen molar-refractivity contribution in [3.8, 4) is 0 Å². The number of nitrogens with zero attached hydrogens (tertiary/aromatic N) is 4. The van der Waals surface area contributed by atoms with Crippen LogP contribution in [0.25, 0.3) is 0 Å². The van der Waals surface area contributed by atoms with E-state index in [0.717, 1.165) is 37.7 Å². The van der Waals surface area contributed by atoms with Crippen molar-refractivity contribution < 1.29 is 9.59 Å². The third-order valence-corrected chi connectivity index (χ3v) is 7.11. The van der Waals surface area contributed by atoms with Crippen molar-refractivity contribution in [3.63, 3.8) is 0 Å². The highest BCUT2D eigenvalue weighted by molar-refractivity contribution is 5.93. The first kappa shape index (κ1) is 28.1. The molecule has 1 aromatic rings. The Balaban J connectivity index is 0.000000568. The topological polar surface area (TPSA) is 172 Å². The van der Waals surface area contributed by atoms with Crippen molar-refractivity contribution in [2.24, 2.45) is 27.9 Å². The molecule has 1 aliphatic carbocycles. The summed E-state index contributed by atoms with van der Waals surface area (Å²) < 4.78 is 0. The minimum Gasteiger partial charge on any atom is -0.391 e. The molecule has 0 atom stereocenters. The summed E-state index contributed by atoms with van der Waals surface area (Å²) in [5, 5.41) is 3.14. The number of anilines is 1. The van der Waals surface area contributed by atoms with Crippen LogP contribution >= 0.6 is 0 Å². The number of piperidine rings is 2. The SMILES string of the molecule is CN(C)C(N)=O.NC(=O)/C(N)=C(/N=C(\N)N1CCCCC1)Nc1ccc(C2CCN(C3CC3)CC2)cc1. The Labute approximate surface area is 219 Å². The highest BCUT2D eigenvalue weighted by atomic mass is 16.2. The zero-order valence-electron chi connectivity index (χ0n) is 22.2. The molecule has 0 radical (unpaired) electrons. The van der Waals surface area contributed by atoms with Crippen molar-refractivity contribution in [1.82, 2.24) is 14.7 Å². The highest BCUT2D eigenvalue weighted by Crippen LogP contribution is 2.34. The van der Waals surface area contributed by atoms with E-state index in [1.54, 1.807) is 14.1 Å². The van der Waals surface area contributed by atoms with Gasteiger partial charge in [0.15, 0.2) is 11.8 Å². The fourth-order valence-electron chi connectivity index (χ4n) is 4.59. The van der Waals surface area contributed by atoms with Gasteiger partial charge in [0.05, 0.1) is 0 Å². The summed E-state index contributed by atoms with van der Waals surface area (Å²) in [6.07, 6.45) is 8.52. The lowest BCUT2D eigenvalue weighted by Crippen LogP contribution is -2.41. The summed E-state index contributed by atoms with van der Waals surface area (Å²) in [6, 6.07) is 8.75. The molecule has 9 N–H and O–H groups in total. The second-order valence-electron chi connectivity index (χ2n) is 10.2. The number of urea groups is 1. The third-order valence-electron chi connectivity index (χ3n) is 7.11. The summed E-state index contributed by atoms with van der Waals surface area (Å²) in [5.74, 6) is 0.422. The largest absolute Gasteiger partial charge is 0.391 e. The van der Waals surface area contributed by atoms with E-state index in [0.29, 0.717) is 11.9 Å². The van der Waals surface area contributed by atoms with Gasteiger partial charge in [-0.25, -0.2) is 4.79 Å². The fourth-order valence-corrected chi connectivity index (χ4v) is 4.59. The van der Waals surface area contributed by atoms with E-state index in [4.69, 9.17) is 22.9 Å². The summed E-state index contributed by atoms with van der Waals surface area (Å²) in [7, 11) is 3.20. The smallest absolute Gasteiger partial charge is 0.314 e. The molecule has 0 bridgehead atoms. The molecule has 37 heavy (non-hydrogen) atoms. The molecule has 0 aromatic heterocycles. The molecule has 2 aliphatic heterocycles. The van der Waals surface area contributed by atoms with Gasteiger partial charge in [-0.05, 0) is 81.6 Å². The van der Waals surface area contributed by atoms with Crippen molar-refractivity contribution >= 4 is 23.6 Å². The molecule has 204 valence electrons. The number of benzene rings is 1. The summed E-state index contributed by atoms with van der Waals surface area (Å²) >= 11 is 0. The molecule has 3 amide bonds. The Bertz CT molecular complexity index is 972. The van der Waals surface area contributed by atoms with Crippen LogP contribution in [0.15, 0.2) is 40.8 Å². The molecule has 11 nitrogen and oxygen atoms in total. The maximum Gasteiger partial charge on any atom is 0.314 e. The van der Waals surface area contributed by atoms with Gasteiger partial charge in [-0.3, -0.25) is 4.79 Å². The summed E-state index contributed by atoms with van der Waals surface area (Å²) in [4.78, 5) is 31.9. The van der Waals surface area contributed by atoms with Gasteiger partial charge in [-0.2, -0.15) is 4.99 Å². The second-order valence-corrected chi connectivity index (χ2v) is 10.2. The quantitative estimate of drug-likeness (QED) is 0.218. The Kier molecular flexibility index (Phi) is 10.0. The predicted molar refractivity (Wildman–Crippen MR) is 147 cm³/mol. The fraction of sp³-hybridized carbons (Fsp3) is 0.577. The minimum absolute atomic E-state index is 0.128. The van der Waals surface area contributed by atoms with Gasteiger partial charge < -0.3 is 43.0 Å². The highest BCUT2D eigenvalue weighted by Gasteiger charge is 2.32. The van der Waals surface area contributed by atoms with Crippen LogP contribution in [-0.4, -0.2) is 78.9 Å². The lowest BCUT2D eigenvalue weighted by molar-refractivity contribution is -0.114. The number of nitrogens with one attached hydrogen (secondary N) is 1. The number of likely N-dealkylation sites (tertiary alicyclic amines) is 2. The zero-order chi connectivity index (χ0) is 26.9. The first-order chi connectivity index (χ1) is 17.7. The number of aliphatic imine (C=N–C) groups is 1. The van der Waals surface area contributed by atoms with Crippen LogP contribution in [-0.2, 0) is 4.79 Å². The van der Waals surface area contributed by atoms with Crippen LogP contribution in [0.2, 0.25) is 0 Å². The van der Waals surface area contributed by atoms with E-state index in [2.05, 4.69) is 27.3 Å². The van der Waals surface area contributed by atoms with Crippen LogP contribution < -0.4 is 28.3 Å². The third kappa shape index (κ3) is 8.56. The van der Waals surface area contributed by atoms with Crippen LogP contribution in [0.3, 0.4) is 0 Å². The Morgan fingerprint density at radius 1 is 0.892 bits per heavy atom. The number of amides is 3. The Morgan fingerprint density at radius 3 is 1.95 bits per heavy atom. The number of hydrogen-bond acceptors (Lipinski definition) is 6. The van der Waals surface area contributed by atoms with Gasteiger partial charge in [0.1, 0.15) is 5.70 Å². The molecular formula is C26H43N9O2. The molecule has 4 rings (SSSR count). The van der Waals surface area contributed by atoms with Crippen LogP contribution in [0.5, 0.6) is 0 Å². The Hall–Kier alpha value is -3.47. The van der Waals surface area contributed by atoms with E-state index >= 15 is 0 Å². The monoisotopic (exact) mass is 513 g/mol. The maximum atomic E-state index is 11.7. The molecule has 0 unspecified atom stereocenters. The summed E-state index contributed by atoms with van der Waals surface area (Å²) in [5.41, 5.74) is 24.3. The van der Waals surface area contributed by atoms with E-state index in [1.807, 2.05) is 17.0 Å². The molecule has 1 saturated carbocycles. The van der Waals surface area contributed by atoms with E-state index in [1.165, 1.54) is 55.7 Å². The number of carbonyl (C=O) groups excluding carboxylic acids is 2. The minimum atomic E-state index is -0.725. The van der Waals surface area contributed by atoms with Crippen molar-refractivity contribution in [2.75, 3.05) is 45.6 Å². The molecule has 11 heteroatoms. The average molecular weight is 514 g/mol. The lowest BCUT2D eigenvalue weighted by Gasteiger charge is -2.32. The number of primary amides is 2.